The molecule has 0 aromatic heterocycles. The molecular weight excluding hydrogens is 330 g/mol. The standard InChI is InChI=1S/C20H31N3O3/c1-20(2,3)26-18(24)14-9-11-16(12-10-14)22-19(21)23-17-8-6-5-7-15(17)13-25-4/h5-8,14,16H,9-13H2,1-4H3,(H3,21,22,23). The molecule has 0 radical (unpaired) electrons. The third-order valence-corrected chi connectivity index (χ3v) is 4.34. The van der Waals surface area contributed by atoms with E-state index in [9.17, 15) is 4.79 Å². The highest BCUT2D eigenvalue weighted by Gasteiger charge is 2.29. The van der Waals surface area contributed by atoms with Crippen LogP contribution in [0.15, 0.2) is 29.3 Å². The van der Waals surface area contributed by atoms with Gasteiger partial charge in [-0.1, -0.05) is 18.2 Å². The lowest BCUT2D eigenvalue weighted by atomic mass is 9.86. The number of carbonyl (C=O) groups is 1. The molecule has 6 nitrogen and oxygen atoms in total. The van der Waals surface area contributed by atoms with Crippen molar-refractivity contribution >= 4 is 17.6 Å². The number of hydrogen-bond acceptors (Lipinski definition) is 4. The number of rotatable bonds is 5. The number of carbonyl (C=O) groups excluding carboxylic acids is 1. The van der Waals surface area contributed by atoms with Gasteiger partial charge in [0.1, 0.15) is 5.60 Å². The highest BCUT2D eigenvalue weighted by atomic mass is 16.6. The van der Waals surface area contributed by atoms with E-state index in [4.69, 9.17) is 15.2 Å². The van der Waals surface area contributed by atoms with Crippen molar-refractivity contribution in [3.05, 3.63) is 29.8 Å². The van der Waals surface area contributed by atoms with E-state index in [0.717, 1.165) is 36.9 Å². The van der Waals surface area contributed by atoms with Crippen LogP contribution in [0.4, 0.5) is 5.69 Å². The molecule has 0 atom stereocenters. The SMILES string of the molecule is COCc1ccccc1NC(N)=NC1CCC(C(=O)OC(C)(C)C)CC1. The Morgan fingerprint density at radius 1 is 1.23 bits per heavy atom. The zero-order chi connectivity index (χ0) is 19.2. The Morgan fingerprint density at radius 2 is 1.88 bits per heavy atom. The van der Waals surface area contributed by atoms with Gasteiger partial charge in [-0.3, -0.25) is 4.79 Å². The number of aliphatic imine (C=N–C) groups is 1. The smallest absolute Gasteiger partial charge is 0.309 e. The fourth-order valence-electron chi connectivity index (χ4n) is 3.12. The van der Waals surface area contributed by atoms with Gasteiger partial charge in [-0.15, -0.1) is 0 Å². The third kappa shape index (κ3) is 6.33. The summed E-state index contributed by atoms with van der Waals surface area (Å²) in [5, 5.41) is 3.16. The van der Waals surface area contributed by atoms with Crippen molar-refractivity contribution in [1.29, 1.82) is 0 Å². The molecule has 0 bridgehead atoms. The molecule has 1 aromatic carbocycles. The van der Waals surface area contributed by atoms with Gasteiger partial charge in [-0.2, -0.15) is 0 Å². The normalized spacial score (nSPS) is 21.3. The van der Waals surface area contributed by atoms with Crippen LogP contribution >= 0.6 is 0 Å². The van der Waals surface area contributed by atoms with Crippen LogP contribution in [-0.4, -0.2) is 30.7 Å². The van der Waals surface area contributed by atoms with E-state index < -0.39 is 5.60 Å². The lowest BCUT2D eigenvalue weighted by Gasteiger charge is -2.28. The van der Waals surface area contributed by atoms with Crippen molar-refractivity contribution < 1.29 is 14.3 Å². The van der Waals surface area contributed by atoms with E-state index >= 15 is 0 Å². The Bertz CT molecular complexity index is 629. The number of benzene rings is 1. The zero-order valence-electron chi connectivity index (χ0n) is 16.2. The van der Waals surface area contributed by atoms with Crippen molar-refractivity contribution in [3.63, 3.8) is 0 Å². The van der Waals surface area contributed by atoms with Crippen LogP contribution in [-0.2, 0) is 20.9 Å². The van der Waals surface area contributed by atoms with Crippen molar-refractivity contribution in [2.75, 3.05) is 12.4 Å². The largest absolute Gasteiger partial charge is 0.460 e. The topological polar surface area (TPSA) is 85.9 Å². The number of nitrogens with zero attached hydrogens (tertiary/aromatic N) is 1. The van der Waals surface area contributed by atoms with Gasteiger partial charge in [0.15, 0.2) is 5.96 Å². The van der Waals surface area contributed by atoms with Crippen molar-refractivity contribution in [3.8, 4) is 0 Å². The first-order chi connectivity index (χ1) is 12.3. The molecular formula is C20H31N3O3. The maximum atomic E-state index is 12.2. The van der Waals surface area contributed by atoms with Gasteiger partial charge < -0.3 is 20.5 Å². The Kier molecular flexibility index (Phi) is 7.03. The number of esters is 1. The Hall–Kier alpha value is -2.08. The number of ether oxygens (including phenoxy) is 2. The average Bonchev–Trinajstić information content (AvgIpc) is 2.56. The third-order valence-electron chi connectivity index (χ3n) is 4.34. The maximum Gasteiger partial charge on any atom is 0.309 e. The zero-order valence-corrected chi connectivity index (χ0v) is 16.2. The second-order valence-electron chi connectivity index (χ2n) is 7.77. The van der Waals surface area contributed by atoms with Gasteiger partial charge in [-0.25, -0.2) is 4.99 Å². The predicted octanol–water partition coefficient (Wildman–Crippen LogP) is 3.46. The first-order valence-electron chi connectivity index (χ1n) is 9.18. The van der Waals surface area contributed by atoms with E-state index in [2.05, 4.69) is 10.3 Å². The molecule has 0 amide bonds. The molecule has 3 N–H and O–H groups in total. The molecule has 1 aliphatic rings. The summed E-state index contributed by atoms with van der Waals surface area (Å²) in [4.78, 5) is 16.8. The first-order valence-corrected chi connectivity index (χ1v) is 9.18. The summed E-state index contributed by atoms with van der Waals surface area (Å²) < 4.78 is 10.7. The summed E-state index contributed by atoms with van der Waals surface area (Å²) in [6.45, 7) is 6.20. The Labute approximate surface area is 156 Å². The molecule has 0 unspecified atom stereocenters. The van der Waals surface area contributed by atoms with Gasteiger partial charge in [0.25, 0.3) is 0 Å². The minimum atomic E-state index is -0.434. The van der Waals surface area contributed by atoms with Crippen LogP contribution in [0.2, 0.25) is 0 Å². The molecule has 1 fully saturated rings. The highest BCUT2D eigenvalue weighted by molar-refractivity contribution is 5.93. The maximum absolute atomic E-state index is 12.2. The minimum Gasteiger partial charge on any atom is -0.460 e. The molecule has 26 heavy (non-hydrogen) atoms. The summed E-state index contributed by atoms with van der Waals surface area (Å²) in [5.74, 6) is 0.270. The number of anilines is 1. The number of nitrogens with two attached hydrogens (primary N) is 1. The quantitative estimate of drug-likeness (QED) is 0.476. The van der Waals surface area contributed by atoms with Gasteiger partial charge in [0, 0.05) is 18.4 Å². The van der Waals surface area contributed by atoms with Crippen LogP contribution in [0.3, 0.4) is 0 Å². The molecule has 2 rings (SSSR count). The molecule has 1 aliphatic carbocycles. The van der Waals surface area contributed by atoms with Crippen LogP contribution < -0.4 is 11.1 Å². The second kappa shape index (κ2) is 9.03. The van der Waals surface area contributed by atoms with E-state index in [1.165, 1.54) is 0 Å². The monoisotopic (exact) mass is 361 g/mol. The number of guanidine groups is 1. The number of nitrogens with one attached hydrogen (secondary N) is 1. The first kappa shape index (κ1) is 20.2. The van der Waals surface area contributed by atoms with E-state index in [1.807, 2.05) is 45.0 Å². The van der Waals surface area contributed by atoms with Crippen LogP contribution in [0.5, 0.6) is 0 Å². The van der Waals surface area contributed by atoms with Crippen LogP contribution in [0.25, 0.3) is 0 Å². The summed E-state index contributed by atoms with van der Waals surface area (Å²) in [6, 6.07) is 7.99. The predicted molar refractivity (Wildman–Crippen MR) is 104 cm³/mol. The van der Waals surface area contributed by atoms with Crippen molar-refractivity contribution in [2.45, 2.75) is 64.7 Å². The van der Waals surface area contributed by atoms with Crippen LogP contribution in [0.1, 0.15) is 52.0 Å². The van der Waals surface area contributed by atoms with E-state index in [1.54, 1.807) is 7.11 Å². The molecule has 1 saturated carbocycles. The van der Waals surface area contributed by atoms with Gasteiger partial charge >= 0.3 is 5.97 Å². The average molecular weight is 361 g/mol. The summed E-state index contributed by atoms with van der Waals surface area (Å²) in [5.41, 5.74) is 7.58. The Morgan fingerprint density at radius 3 is 2.50 bits per heavy atom. The molecule has 0 aliphatic heterocycles. The number of methoxy groups -OCH3 is 1. The fraction of sp³-hybridized carbons (Fsp3) is 0.600. The molecule has 0 spiro atoms. The highest BCUT2D eigenvalue weighted by Crippen LogP contribution is 2.28. The summed E-state index contributed by atoms with van der Waals surface area (Å²) in [6.07, 6.45) is 3.26. The van der Waals surface area contributed by atoms with E-state index in [-0.39, 0.29) is 17.9 Å². The molecule has 0 saturated heterocycles. The molecule has 6 heteroatoms. The van der Waals surface area contributed by atoms with E-state index in [0.29, 0.717) is 12.6 Å². The molecule has 0 heterocycles. The van der Waals surface area contributed by atoms with Gasteiger partial charge in [0.05, 0.1) is 18.6 Å². The number of hydrogen-bond donors (Lipinski definition) is 2. The Balaban J connectivity index is 1.89. The van der Waals surface area contributed by atoms with Crippen LogP contribution in [0, 0.1) is 5.92 Å². The number of para-hydroxylation sites is 1. The lowest BCUT2D eigenvalue weighted by Crippen LogP contribution is -2.32. The second-order valence-corrected chi connectivity index (χ2v) is 7.77. The van der Waals surface area contributed by atoms with Gasteiger partial charge in [0.2, 0.25) is 0 Å². The van der Waals surface area contributed by atoms with Crippen molar-refractivity contribution in [1.82, 2.24) is 0 Å². The molecule has 144 valence electrons. The summed E-state index contributed by atoms with van der Waals surface area (Å²) >= 11 is 0. The molecule has 1 aromatic rings. The minimum absolute atomic E-state index is 0.0303. The lowest BCUT2D eigenvalue weighted by molar-refractivity contribution is -0.161. The fourth-order valence-corrected chi connectivity index (χ4v) is 3.12. The summed E-state index contributed by atoms with van der Waals surface area (Å²) in [7, 11) is 1.66. The van der Waals surface area contributed by atoms with Gasteiger partial charge in [-0.05, 0) is 52.5 Å². The van der Waals surface area contributed by atoms with Crippen molar-refractivity contribution in [2.24, 2.45) is 16.6 Å².